The third kappa shape index (κ3) is 3.54. The van der Waals surface area contributed by atoms with E-state index in [1.165, 1.54) is 0 Å². The number of nitrogens with one attached hydrogen (secondary N) is 1. The SMILES string of the molecule is C[C@H](Cc1ccco1)NC(=O)C1CCN(c2ccc3nncn3n2)CC1. The lowest BCUT2D eigenvalue weighted by Gasteiger charge is -2.32. The van der Waals surface area contributed by atoms with Crippen LogP contribution in [0, 0.1) is 5.92 Å². The maximum Gasteiger partial charge on any atom is 0.223 e. The normalized spacial score (nSPS) is 16.7. The minimum Gasteiger partial charge on any atom is -0.469 e. The van der Waals surface area contributed by atoms with Crippen molar-refractivity contribution >= 4 is 17.4 Å². The molecule has 4 heterocycles. The molecule has 0 bridgehead atoms. The molecule has 1 N–H and O–H groups in total. The maximum atomic E-state index is 12.5. The van der Waals surface area contributed by atoms with Gasteiger partial charge in [0.25, 0.3) is 0 Å². The van der Waals surface area contributed by atoms with Gasteiger partial charge in [-0.15, -0.1) is 15.3 Å². The van der Waals surface area contributed by atoms with Gasteiger partial charge in [0.2, 0.25) is 5.91 Å². The zero-order valence-corrected chi connectivity index (χ0v) is 14.7. The fourth-order valence-corrected chi connectivity index (χ4v) is 3.40. The van der Waals surface area contributed by atoms with E-state index in [4.69, 9.17) is 4.42 Å². The molecule has 3 aromatic heterocycles. The molecule has 1 fully saturated rings. The van der Waals surface area contributed by atoms with E-state index in [0.717, 1.165) is 43.2 Å². The minimum atomic E-state index is 0.0453. The lowest BCUT2D eigenvalue weighted by molar-refractivity contribution is -0.126. The monoisotopic (exact) mass is 354 g/mol. The first-order valence-electron chi connectivity index (χ1n) is 8.94. The Morgan fingerprint density at radius 1 is 1.35 bits per heavy atom. The van der Waals surface area contributed by atoms with E-state index in [1.807, 2.05) is 31.2 Å². The first-order chi connectivity index (χ1) is 12.7. The topological polar surface area (TPSA) is 88.6 Å². The van der Waals surface area contributed by atoms with E-state index in [2.05, 4.69) is 25.5 Å². The predicted octanol–water partition coefficient (Wildman–Crippen LogP) is 1.68. The fourth-order valence-electron chi connectivity index (χ4n) is 3.40. The highest BCUT2D eigenvalue weighted by Gasteiger charge is 2.26. The van der Waals surface area contributed by atoms with Gasteiger partial charge in [-0.1, -0.05) is 0 Å². The predicted molar refractivity (Wildman–Crippen MR) is 95.7 cm³/mol. The summed E-state index contributed by atoms with van der Waals surface area (Å²) in [4.78, 5) is 14.7. The van der Waals surface area contributed by atoms with Gasteiger partial charge in [-0.05, 0) is 44.0 Å². The van der Waals surface area contributed by atoms with Crippen LogP contribution < -0.4 is 10.2 Å². The van der Waals surface area contributed by atoms with Crippen molar-refractivity contribution < 1.29 is 9.21 Å². The van der Waals surface area contributed by atoms with Crippen LogP contribution in [0.4, 0.5) is 5.82 Å². The Hall–Kier alpha value is -2.90. The van der Waals surface area contributed by atoms with Crippen molar-refractivity contribution in [2.45, 2.75) is 32.2 Å². The van der Waals surface area contributed by atoms with E-state index in [1.54, 1.807) is 17.1 Å². The number of carbonyl (C=O) groups is 1. The average Bonchev–Trinajstić information content (AvgIpc) is 3.32. The summed E-state index contributed by atoms with van der Waals surface area (Å²) in [6.07, 6.45) is 5.60. The van der Waals surface area contributed by atoms with Crippen molar-refractivity contribution in [2.24, 2.45) is 5.92 Å². The standard InChI is InChI=1S/C18H22N6O2/c1-13(11-15-3-2-10-26-15)20-18(25)14-6-8-23(9-7-14)17-5-4-16-21-19-12-24(16)22-17/h2-5,10,12-14H,6-9,11H2,1H3,(H,20,25)/t13-/m1/s1. The molecule has 0 aliphatic carbocycles. The Balaban J connectivity index is 1.30. The van der Waals surface area contributed by atoms with Gasteiger partial charge in [0.1, 0.15) is 17.9 Å². The fraction of sp³-hybridized carbons (Fsp3) is 0.444. The summed E-state index contributed by atoms with van der Waals surface area (Å²) < 4.78 is 7.01. The molecule has 1 saturated heterocycles. The van der Waals surface area contributed by atoms with Crippen LogP contribution in [0.15, 0.2) is 41.3 Å². The lowest BCUT2D eigenvalue weighted by Crippen LogP contribution is -2.43. The summed E-state index contributed by atoms with van der Waals surface area (Å²) in [7, 11) is 0. The van der Waals surface area contributed by atoms with E-state index < -0.39 is 0 Å². The zero-order chi connectivity index (χ0) is 17.9. The number of fused-ring (bicyclic) bond motifs is 1. The summed E-state index contributed by atoms with van der Waals surface area (Å²) in [5.74, 6) is 1.96. The third-order valence-corrected chi connectivity index (χ3v) is 4.81. The molecular weight excluding hydrogens is 332 g/mol. The van der Waals surface area contributed by atoms with E-state index in [9.17, 15) is 4.79 Å². The van der Waals surface area contributed by atoms with Crippen molar-refractivity contribution in [1.29, 1.82) is 0 Å². The first-order valence-corrected chi connectivity index (χ1v) is 8.94. The summed E-state index contributed by atoms with van der Waals surface area (Å²) >= 11 is 0. The van der Waals surface area contributed by atoms with Gasteiger partial charge in [0.05, 0.1) is 6.26 Å². The Labute approximate surface area is 151 Å². The second-order valence-electron chi connectivity index (χ2n) is 6.78. The largest absolute Gasteiger partial charge is 0.469 e. The van der Waals surface area contributed by atoms with Crippen LogP contribution in [0.2, 0.25) is 0 Å². The highest BCUT2D eigenvalue weighted by molar-refractivity contribution is 5.79. The molecule has 26 heavy (non-hydrogen) atoms. The van der Waals surface area contributed by atoms with Crippen LogP contribution in [0.1, 0.15) is 25.5 Å². The number of nitrogens with zero attached hydrogens (tertiary/aromatic N) is 5. The van der Waals surface area contributed by atoms with Crippen LogP contribution in [0.5, 0.6) is 0 Å². The Bertz CT molecular complexity index is 867. The van der Waals surface area contributed by atoms with Crippen LogP contribution in [0.3, 0.4) is 0 Å². The molecule has 1 aliphatic heterocycles. The van der Waals surface area contributed by atoms with Crippen molar-refractivity contribution in [3.63, 3.8) is 0 Å². The van der Waals surface area contributed by atoms with Crippen LogP contribution >= 0.6 is 0 Å². The molecule has 0 aromatic carbocycles. The number of furan rings is 1. The molecule has 8 heteroatoms. The Kier molecular flexibility index (Phi) is 4.55. The van der Waals surface area contributed by atoms with Crippen molar-refractivity contribution in [3.05, 3.63) is 42.6 Å². The summed E-state index contributed by atoms with van der Waals surface area (Å²) in [6.45, 7) is 3.63. The van der Waals surface area contributed by atoms with Crippen molar-refractivity contribution in [3.8, 4) is 0 Å². The third-order valence-electron chi connectivity index (χ3n) is 4.81. The van der Waals surface area contributed by atoms with Gasteiger partial charge in [0, 0.05) is 31.5 Å². The van der Waals surface area contributed by atoms with Gasteiger partial charge in [-0.25, -0.2) is 0 Å². The average molecular weight is 354 g/mol. The van der Waals surface area contributed by atoms with E-state index in [0.29, 0.717) is 6.42 Å². The molecule has 136 valence electrons. The van der Waals surface area contributed by atoms with Gasteiger partial charge in [0.15, 0.2) is 5.65 Å². The summed E-state index contributed by atoms with van der Waals surface area (Å²) in [5, 5.41) is 15.5. The van der Waals surface area contributed by atoms with Crippen molar-refractivity contribution in [2.75, 3.05) is 18.0 Å². The molecule has 1 aliphatic rings. The molecule has 1 atom stereocenters. The number of carbonyl (C=O) groups excluding carboxylic acids is 1. The molecule has 8 nitrogen and oxygen atoms in total. The number of amides is 1. The number of hydrogen-bond donors (Lipinski definition) is 1. The molecule has 0 saturated carbocycles. The Morgan fingerprint density at radius 3 is 2.96 bits per heavy atom. The van der Waals surface area contributed by atoms with E-state index in [-0.39, 0.29) is 17.9 Å². The quantitative estimate of drug-likeness (QED) is 0.750. The smallest absolute Gasteiger partial charge is 0.223 e. The molecule has 1 amide bonds. The molecule has 0 radical (unpaired) electrons. The minimum absolute atomic E-state index is 0.0453. The van der Waals surface area contributed by atoms with Gasteiger partial charge in [-0.2, -0.15) is 4.52 Å². The molecule has 0 unspecified atom stereocenters. The second kappa shape index (κ2) is 7.15. The maximum absolute atomic E-state index is 12.5. The lowest BCUT2D eigenvalue weighted by atomic mass is 9.95. The van der Waals surface area contributed by atoms with Gasteiger partial charge < -0.3 is 14.6 Å². The number of anilines is 1. The van der Waals surface area contributed by atoms with Crippen LogP contribution in [-0.2, 0) is 11.2 Å². The number of rotatable bonds is 5. The number of hydrogen-bond acceptors (Lipinski definition) is 6. The molecular formula is C18H22N6O2. The Morgan fingerprint density at radius 2 is 2.19 bits per heavy atom. The highest BCUT2D eigenvalue weighted by atomic mass is 16.3. The first kappa shape index (κ1) is 16.6. The molecule has 0 spiro atoms. The summed E-state index contributed by atoms with van der Waals surface area (Å²) in [5.41, 5.74) is 0.730. The highest BCUT2D eigenvalue weighted by Crippen LogP contribution is 2.22. The number of piperidine rings is 1. The number of aromatic nitrogens is 4. The van der Waals surface area contributed by atoms with E-state index >= 15 is 0 Å². The van der Waals surface area contributed by atoms with Crippen LogP contribution in [-0.4, -0.2) is 44.8 Å². The summed E-state index contributed by atoms with van der Waals surface area (Å²) in [6, 6.07) is 7.72. The van der Waals surface area contributed by atoms with Crippen molar-refractivity contribution in [1.82, 2.24) is 25.1 Å². The second-order valence-corrected chi connectivity index (χ2v) is 6.78. The molecule has 4 rings (SSSR count). The molecule has 3 aromatic rings. The van der Waals surface area contributed by atoms with Crippen LogP contribution in [0.25, 0.3) is 5.65 Å². The van der Waals surface area contributed by atoms with Gasteiger partial charge in [-0.3, -0.25) is 4.79 Å². The zero-order valence-electron chi connectivity index (χ0n) is 14.7. The van der Waals surface area contributed by atoms with Gasteiger partial charge >= 0.3 is 0 Å².